The van der Waals surface area contributed by atoms with E-state index in [0.29, 0.717) is 46.3 Å². The summed E-state index contributed by atoms with van der Waals surface area (Å²) in [6.07, 6.45) is 0.729. The second-order valence-electron chi connectivity index (χ2n) is 9.46. The van der Waals surface area contributed by atoms with Crippen LogP contribution in [0.15, 0.2) is 66.2 Å². The Hall–Kier alpha value is -4.37. The summed E-state index contributed by atoms with van der Waals surface area (Å²) in [7, 11) is 1.57. The fourth-order valence-electron chi connectivity index (χ4n) is 5.11. The van der Waals surface area contributed by atoms with E-state index in [0.717, 1.165) is 16.0 Å². The van der Waals surface area contributed by atoms with Crippen molar-refractivity contribution in [1.82, 2.24) is 4.98 Å². The van der Waals surface area contributed by atoms with Gasteiger partial charge in [0.05, 0.1) is 35.5 Å². The second-order valence-corrected chi connectivity index (χ2v) is 10.5. The number of methoxy groups -OCH3 is 1. The smallest absolute Gasteiger partial charge is 0.301 e. The summed E-state index contributed by atoms with van der Waals surface area (Å²) in [6, 6.07) is 17.0. The van der Waals surface area contributed by atoms with Gasteiger partial charge in [-0.05, 0) is 73.5 Å². The third kappa shape index (κ3) is 4.28. The lowest BCUT2D eigenvalue weighted by atomic mass is 9.94. The number of anilines is 1. The van der Waals surface area contributed by atoms with Gasteiger partial charge in [-0.15, -0.1) is 0 Å². The highest BCUT2D eigenvalue weighted by atomic mass is 32.1. The van der Waals surface area contributed by atoms with Crippen LogP contribution in [0.1, 0.15) is 36.6 Å². The highest BCUT2D eigenvalue weighted by molar-refractivity contribution is 7.22. The van der Waals surface area contributed by atoms with E-state index in [1.165, 1.54) is 16.2 Å². The van der Waals surface area contributed by atoms with Gasteiger partial charge in [-0.1, -0.05) is 23.5 Å². The second kappa shape index (κ2) is 9.74. The molecule has 1 fully saturated rings. The minimum absolute atomic E-state index is 0.00587. The van der Waals surface area contributed by atoms with Crippen LogP contribution in [0.25, 0.3) is 16.0 Å². The van der Waals surface area contributed by atoms with E-state index in [-0.39, 0.29) is 17.4 Å². The summed E-state index contributed by atoms with van der Waals surface area (Å²) < 4.78 is 17.5. The molecular weight excluding hydrogens is 516 g/mol. The molecule has 3 aromatic carbocycles. The average molecular weight is 543 g/mol. The third-order valence-electron chi connectivity index (χ3n) is 6.91. The normalized spacial score (nSPS) is 19.8. The molecule has 0 bridgehead atoms. The van der Waals surface area contributed by atoms with Crippen LogP contribution >= 0.6 is 11.3 Å². The van der Waals surface area contributed by atoms with Crippen molar-refractivity contribution < 1.29 is 28.9 Å². The van der Waals surface area contributed by atoms with Crippen molar-refractivity contribution in [3.63, 3.8) is 0 Å². The molecule has 0 aliphatic carbocycles. The summed E-state index contributed by atoms with van der Waals surface area (Å²) in [5.74, 6) is 0.328. The number of benzene rings is 3. The van der Waals surface area contributed by atoms with E-state index in [9.17, 15) is 14.7 Å². The molecule has 8 nitrogen and oxygen atoms in total. The van der Waals surface area contributed by atoms with Crippen molar-refractivity contribution in [3.8, 4) is 17.2 Å². The zero-order valence-corrected chi connectivity index (χ0v) is 22.5. The van der Waals surface area contributed by atoms with Gasteiger partial charge < -0.3 is 19.3 Å². The number of ether oxygens (including phenoxy) is 3. The lowest BCUT2D eigenvalue weighted by Gasteiger charge is -2.23. The van der Waals surface area contributed by atoms with Gasteiger partial charge in [-0.3, -0.25) is 14.5 Å². The molecule has 1 N–H and O–H groups in total. The molecule has 0 saturated carbocycles. The fourth-order valence-corrected chi connectivity index (χ4v) is 6.13. The average Bonchev–Trinajstić information content (AvgIpc) is 3.60. The molecule has 9 heteroatoms. The maximum Gasteiger partial charge on any atom is 0.301 e. The van der Waals surface area contributed by atoms with Crippen molar-refractivity contribution in [3.05, 3.63) is 82.9 Å². The number of nitrogens with zero attached hydrogens (tertiary/aromatic N) is 2. The number of rotatable bonds is 6. The number of aliphatic hydroxyl groups is 1. The van der Waals surface area contributed by atoms with Crippen LogP contribution in [0.5, 0.6) is 17.2 Å². The number of aliphatic hydroxyl groups excluding tert-OH is 1. The molecule has 1 amide bonds. The number of thiazole rings is 1. The largest absolute Gasteiger partial charge is 0.507 e. The summed E-state index contributed by atoms with van der Waals surface area (Å²) in [5.41, 5.74) is 2.73. The summed E-state index contributed by atoms with van der Waals surface area (Å²) >= 11 is 1.29. The van der Waals surface area contributed by atoms with E-state index in [4.69, 9.17) is 14.2 Å². The lowest BCUT2D eigenvalue weighted by molar-refractivity contribution is -0.132. The van der Waals surface area contributed by atoms with Crippen molar-refractivity contribution in [1.29, 1.82) is 0 Å². The van der Waals surface area contributed by atoms with Gasteiger partial charge in [0, 0.05) is 12.0 Å². The predicted molar refractivity (Wildman–Crippen MR) is 149 cm³/mol. The van der Waals surface area contributed by atoms with Gasteiger partial charge in [-0.25, -0.2) is 4.98 Å². The first-order valence-electron chi connectivity index (χ1n) is 12.7. The van der Waals surface area contributed by atoms with Gasteiger partial charge in [0.15, 0.2) is 5.13 Å². The third-order valence-corrected chi connectivity index (χ3v) is 7.93. The number of carbonyl (C=O) groups excluding carboxylic acids is 2. The Labute approximate surface area is 229 Å². The topological polar surface area (TPSA) is 98.2 Å². The molecule has 6 rings (SSSR count). The van der Waals surface area contributed by atoms with Crippen molar-refractivity contribution in [2.75, 3.05) is 18.6 Å². The minimum atomic E-state index is -0.883. The molecule has 0 unspecified atom stereocenters. The van der Waals surface area contributed by atoms with Crippen molar-refractivity contribution >= 4 is 44.1 Å². The molecule has 198 valence electrons. The molecule has 4 aromatic rings. The van der Waals surface area contributed by atoms with Gasteiger partial charge in [-0.2, -0.15) is 0 Å². The van der Waals surface area contributed by atoms with Gasteiger partial charge >= 0.3 is 5.91 Å². The van der Waals surface area contributed by atoms with Crippen LogP contribution in [0, 0.1) is 0 Å². The Balaban J connectivity index is 1.50. The zero-order chi connectivity index (χ0) is 27.3. The number of ketones is 1. The number of Topliss-reactive ketones (excluding diaryl/α,β-unsaturated/α-hetero) is 1. The van der Waals surface area contributed by atoms with E-state index >= 15 is 0 Å². The van der Waals surface area contributed by atoms with Gasteiger partial charge in [0.25, 0.3) is 5.78 Å². The molecule has 2 aliphatic heterocycles. The highest BCUT2D eigenvalue weighted by Crippen LogP contribution is 2.45. The Morgan fingerprint density at radius 3 is 2.62 bits per heavy atom. The first-order chi connectivity index (χ1) is 18.9. The van der Waals surface area contributed by atoms with E-state index in [2.05, 4.69) is 4.98 Å². The SMILES string of the molecule is CCOc1ccc2nc(N3C(=O)C(=O)C(=C(O)c4ccc5c(c4)C[C@H](C)O5)[C@H]3c3ccc(OC)cc3)sc2c1. The van der Waals surface area contributed by atoms with Gasteiger partial charge in [0.2, 0.25) is 0 Å². The zero-order valence-electron chi connectivity index (χ0n) is 21.6. The standard InChI is InChI=1S/C30H26N2O6S/c1-4-37-21-10-11-22-24(15-21)39-30(31-22)32-26(17-5-8-20(36-3)9-6-17)25(28(34)29(32)35)27(33)18-7-12-23-19(14-18)13-16(2)38-23/h5-12,14-16,26,33H,4,13H2,1-3H3/t16-,26+/m0/s1. The summed E-state index contributed by atoms with van der Waals surface area (Å²) in [6.45, 7) is 4.41. The van der Waals surface area contributed by atoms with Crippen LogP contribution in [-0.2, 0) is 16.0 Å². The van der Waals surface area contributed by atoms with Gasteiger partial charge in [0.1, 0.15) is 29.1 Å². The predicted octanol–water partition coefficient (Wildman–Crippen LogP) is 5.65. The molecule has 2 aliphatic rings. The molecule has 1 saturated heterocycles. The van der Waals surface area contributed by atoms with Crippen molar-refractivity contribution in [2.24, 2.45) is 0 Å². The minimum Gasteiger partial charge on any atom is -0.507 e. The molecule has 39 heavy (non-hydrogen) atoms. The van der Waals surface area contributed by atoms with Crippen molar-refractivity contribution in [2.45, 2.75) is 32.4 Å². The fraction of sp³-hybridized carbons (Fsp3) is 0.233. The molecule has 0 radical (unpaired) electrons. The maximum absolute atomic E-state index is 13.6. The number of amides is 1. The lowest BCUT2D eigenvalue weighted by Crippen LogP contribution is -2.29. The summed E-state index contributed by atoms with van der Waals surface area (Å²) in [4.78, 5) is 33.2. The molecule has 0 spiro atoms. The quantitative estimate of drug-likeness (QED) is 0.191. The first kappa shape index (κ1) is 24.9. The number of hydrogen-bond acceptors (Lipinski definition) is 8. The number of hydrogen-bond donors (Lipinski definition) is 1. The Morgan fingerprint density at radius 1 is 1.10 bits per heavy atom. The number of carbonyl (C=O) groups is 2. The maximum atomic E-state index is 13.6. The Bertz CT molecular complexity index is 1640. The van der Waals surface area contributed by atoms with E-state index in [1.54, 1.807) is 43.5 Å². The Morgan fingerprint density at radius 2 is 1.87 bits per heavy atom. The first-order valence-corrected chi connectivity index (χ1v) is 13.5. The molecule has 1 aromatic heterocycles. The monoisotopic (exact) mass is 542 g/mol. The van der Waals surface area contributed by atoms with E-state index in [1.807, 2.05) is 38.1 Å². The van der Waals surface area contributed by atoms with E-state index < -0.39 is 17.7 Å². The van der Waals surface area contributed by atoms with Crippen LogP contribution in [0.2, 0.25) is 0 Å². The highest BCUT2D eigenvalue weighted by Gasteiger charge is 2.48. The number of aromatic nitrogens is 1. The van der Waals surface area contributed by atoms with Crippen LogP contribution < -0.4 is 19.1 Å². The van der Waals surface area contributed by atoms with Crippen LogP contribution in [-0.4, -0.2) is 41.6 Å². The molecule has 3 heterocycles. The molecule has 2 atom stereocenters. The van der Waals surface area contributed by atoms with Crippen LogP contribution in [0.4, 0.5) is 5.13 Å². The molecular formula is C30H26N2O6S. The number of fused-ring (bicyclic) bond motifs is 2. The van der Waals surface area contributed by atoms with Crippen LogP contribution in [0.3, 0.4) is 0 Å². The Kier molecular flexibility index (Phi) is 6.23. The summed E-state index contributed by atoms with van der Waals surface area (Å²) in [5, 5.41) is 11.9.